The molecule has 1 atom stereocenters. The van der Waals surface area contributed by atoms with Crippen LogP contribution < -0.4 is 5.32 Å². The van der Waals surface area contributed by atoms with E-state index in [0.29, 0.717) is 6.04 Å². The molecule has 1 aromatic heterocycles. The Balaban J connectivity index is 1.30. The number of β-amino-alcohol motifs (C(OH)–C–C–N with tert-alkyl or cyclic N) is 1. The number of hydrogen-bond donors (Lipinski definition) is 2. The van der Waals surface area contributed by atoms with Crippen molar-refractivity contribution < 1.29 is 5.11 Å². The molecule has 2 saturated heterocycles. The summed E-state index contributed by atoms with van der Waals surface area (Å²) in [5.74, 6) is 0.851. The van der Waals surface area contributed by atoms with Crippen LogP contribution in [0.15, 0.2) is 24.5 Å². The Bertz CT molecular complexity index is 482. The first-order valence-electron chi connectivity index (χ1n) is 9.94. The maximum Gasteiger partial charge on any atom is 0.0791 e. The Labute approximate surface area is 152 Å². The fourth-order valence-electron chi connectivity index (χ4n) is 3.95. The summed E-state index contributed by atoms with van der Waals surface area (Å²) in [5, 5.41) is 13.9. The molecule has 3 heterocycles. The molecule has 5 nitrogen and oxygen atoms in total. The van der Waals surface area contributed by atoms with Crippen molar-refractivity contribution in [3.8, 4) is 0 Å². The minimum atomic E-state index is -0.247. The van der Waals surface area contributed by atoms with Crippen LogP contribution in [0.25, 0.3) is 0 Å². The summed E-state index contributed by atoms with van der Waals surface area (Å²) in [4.78, 5) is 9.01. The van der Waals surface area contributed by atoms with E-state index in [4.69, 9.17) is 0 Å². The number of nitrogens with one attached hydrogen (secondary N) is 1. The highest BCUT2D eigenvalue weighted by Crippen LogP contribution is 2.16. The second-order valence-corrected chi connectivity index (χ2v) is 7.95. The molecule has 0 spiro atoms. The van der Waals surface area contributed by atoms with Crippen LogP contribution in [-0.2, 0) is 6.54 Å². The van der Waals surface area contributed by atoms with Gasteiger partial charge >= 0.3 is 0 Å². The largest absolute Gasteiger partial charge is 0.390 e. The second-order valence-electron chi connectivity index (χ2n) is 7.95. The van der Waals surface area contributed by atoms with Gasteiger partial charge in [-0.15, -0.1) is 0 Å². The molecular formula is C20H34N4O. The van der Waals surface area contributed by atoms with Crippen LogP contribution in [0.5, 0.6) is 0 Å². The third-order valence-corrected chi connectivity index (χ3v) is 5.73. The van der Waals surface area contributed by atoms with Crippen molar-refractivity contribution in [2.45, 2.75) is 51.3 Å². The fraction of sp³-hybridized carbons (Fsp3) is 0.750. The molecule has 2 N–H and O–H groups in total. The molecule has 2 aliphatic rings. The first-order chi connectivity index (χ1) is 12.2. The molecule has 2 aliphatic heterocycles. The van der Waals surface area contributed by atoms with E-state index in [1.54, 1.807) is 0 Å². The monoisotopic (exact) mass is 346 g/mol. The number of aliphatic hydroxyl groups is 1. The Morgan fingerprint density at radius 3 is 2.40 bits per heavy atom. The van der Waals surface area contributed by atoms with Crippen molar-refractivity contribution in [3.05, 3.63) is 30.1 Å². The molecule has 3 rings (SSSR count). The van der Waals surface area contributed by atoms with Gasteiger partial charge in [0.15, 0.2) is 0 Å². The summed E-state index contributed by atoms with van der Waals surface area (Å²) >= 11 is 0. The highest BCUT2D eigenvalue weighted by atomic mass is 16.3. The molecular weight excluding hydrogens is 312 g/mol. The van der Waals surface area contributed by atoms with Crippen molar-refractivity contribution in [1.29, 1.82) is 0 Å². The van der Waals surface area contributed by atoms with Gasteiger partial charge in [0.05, 0.1) is 6.10 Å². The molecule has 2 fully saturated rings. The lowest BCUT2D eigenvalue weighted by atomic mass is 9.99. The maximum absolute atomic E-state index is 10.3. The van der Waals surface area contributed by atoms with Gasteiger partial charge in [-0.3, -0.25) is 9.88 Å². The maximum atomic E-state index is 10.3. The summed E-state index contributed by atoms with van der Waals surface area (Å²) in [6.07, 6.45) is 8.37. The summed E-state index contributed by atoms with van der Waals surface area (Å²) in [7, 11) is 0. The predicted molar refractivity (Wildman–Crippen MR) is 101 cm³/mol. The molecule has 0 bridgehead atoms. The molecule has 25 heavy (non-hydrogen) atoms. The van der Waals surface area contributed by atoms with E-state index in [9.17, 15) is 5.11 Å². The lowest BCUT2D eigenvalue weighted by Crippen LogP contribution is -2.47. The number of aliphatic hydroxyl groups excluding tert-OH is 1. The second kappa shape index (κ2) is 9.62. The number of piperidine rings is 2. The summed E-state index contributed by atoms with van der Waals surface area (Å²) in [5.41, 5.74) is 1.34. The molecule has 0 aliphatic carbocycles. The SMILES string of the molecule is CC1CCN(CC(O)CNC2CCN(Cc3ccncc3)CC2)CC1. The molecule has 5 heteroatoms. The molecule has 140 valence electrons. The van der Waals surface area contributed by atoms with E-state index in [2.05, 4.69) is 39.2 Å². The number of hydrogen-bond acceptors (Lipinski definition) is 5. The van der Waals surface area contributed by atoms with E-state index in [1.807, 2.05) is 12.4 Å². The smallest absolute Gasteiger partial charge is 0.0791 e. The molecule has 0 radical (unpaired) electrons. The van der Waals surface area contributed by atoms with Crippen LogP contribution in [0.4, 0.5) is 0 Å². The van der Waals surface area contributed by atoms with E-state index in [1.165, 1.54) is 31.2 Å². The number of nitrogens with zero attached hydrogens (tertiary/aromatic N) is 3. The Kier molecular flexibility index (Phi) is 7.23. The van der Waals surface area contributed by atoms with Gasteiger partial charge in [0.2, 0.25) is 0 Å². The van der Waals surface area contributed by atoms with Crippen LogP contribution in [0.3, 0.4) is 0 Å². The molecule has 1 unspecified atom stereocenters. The van der Waals surface area contributed by atoms with Crippen LogP contribution in [-0.4, -0.2) is 71.3 Å². The Morgan fingerprint density at radius 2 is 1.72 bits per heavy atom. The van der Waals surface area contributed by atoms with Gasteiger partial charge in [-0.05, 0) is 75.5 Å². The van der Waals surface area contributed by atoms with Gasteiger partial charge in [-0.25, -0.2) is 0 Å². The first-order valence-corrected chi connectivity index (χ1v) is 9.94. The molecule has 0 saturated carbocycles. The minimum Gasteiger partial charge on any atom is -0.390 e. The number of likely N-dealkylation sites (tertiary alicyclic amines) is 2. The highest BCUT2D eigenvalue weighted by Gasteiger charge is 2.21. The van der Waals surface area contributed by atoms with E-state index < -0.39 is 0 Å². The zero-order chi connectivity index (χ0) is 17.5. The van der Waals surface area contributed by atoms with Crippen LogP contribution in [0.1, 0.15) is 38.2 Å². The third-order valence-electron chi connectivity index (χ3n) is 5.73. The lowest BCUT2D eigenvalue weighted by molar-refractivity contribution is 0.0853. The standard InChI is InChI=1S/C20H34N4O/c1-17-4-10-24(11-5-17)16-20(25)14-22-19-6-12-23(13-7-19)15-18-2-8-21-9-3-18/h2-3,8-9,17,19-20,22,25H,4-7,10-16H2,1H3. The minimum absolute atomic E-state index is 0.247. The van der Waals surface area contributed by atoms with E-state index >= 15 is 0 Å². The lowest BCUT2D eigenvalue weighted by Gasteiger charge is -2.34. The van der Waals surface area contributed by atoms with Crippen molar-refractivity contribution in [1.82, 2.24) is 20.1 Å². The van der Waals surface area contributed by atoms with Gasteiger partial charge in [-0.2, -0.15) is 0 Å². The zero-order valence-electron chi connectivity index (χ0n) is 15.6. The van der Waals surface area contributed by atoms with Crippen molar-refractivity contribution >= 4 is 0 Å². The molecule has 0 aromatic carbocycles. The van der Waals surface area contributed by atoms with Crippen molar-refractivity contribution in [2.24, 2.45) is 5.92 Å². The molecule has 0 amide bonds. The van der Waals surface area contributed by atoms with Crippen LogP contribution in [0.2, 0.25) is 0 Å². The molecule has 1 aromatic rings. The first kappa shape index (κ1) is 18.8. The quantitative estimate of drug-likeness (QED) is 0.787. The van der Waals surface area contributed by atoms with Gasteiger partial charge in [0, 0.05) is 38.1 Å². The zero-order valence-corrected chi connectivity index (χ0v) is 15.6. The van der Waals surface area contributed by atoms with E-state index in [0.717, 1.165) is 51.7 Å². The predicted octanol–water partition coefficient (Wildman–Crippen LogP) is 1.73. The Hall–Kier alpha value is -1.01. The average molecular weight is 347 g/mol. The van der Waals surface area contributed by atoms with Gasteiger partial charge < -0.3 is 15.3 Å². The highest BCUT2D eigenvalue weighted by molar-refractivity contribution is 5.09. The number of pyridine rings is 1. The van der Waals surface area contributed by atoms with E-state index in [-0.39, 0.29) is 6.10 Å². The summed E-state index contributed by atoms with van der Waals surface area (Å²) < 4.78 is 0. The average Bonchev–Trinajstić information content (AvgIpc) is 2.64. The Morgan fingerprint density at radius 1 is 1.08 bits per heavy atom. The van der Waals surface area contributed by atoms with Crippen LogP contribution >= 0.6 is 0 Å². The third kappa shape index (κ3) is 6.33. The van der Waals surface area contributed by atoms with Crippen LogP contribution in [0, 0.1) is 5.92 Å². The van der Waals surface area contributed by atoms with Gasteiger partial charge in [0.1, 0.15) is 0 Å². The fourth-order valence-corrected chi connectivity index (χ4v) is 3.95. The number of rotatable bonds is 7. The van der Waals surface area contributed by atoms with Gasteiger partial charge in [0.25, 0.3) is 0 Å². The normalized spacial score (nSPS) is 23.0. The number of aromatic nitrogens is 1. The van der Waals surface area contributed by atoms with Crippen molar-refractivity contribution in [3.63, 3.8) is 0 Å². The summed E-state index contributed by atoms with van der Waals surface area (Å²) in [6.45, 7) is 9.43. The summed E-state index contributed by atoms with van der Waals surface area (Å²) in [6, 6.07) is 4.74. The van der Waals surface area contributed by atoms with Gasteiger partial charge in [-0.1, -0.05) is 6.92 Å². The topological polar surface area (TPSA) is 51.6 Å². The van der Waals surface area contributed by atoms with Crippen molar-refractivity contribution in [2.75, 3.05) is 39.3 Å².